The SMILES string of the molecule is C[C@]1(NCC(=O)O)CCN(Cc2cccc(Cl)c2)C1. The number of nitrogens with zero attached hydrogens (tertiary/aromatic N) is 1. The van der Waals surface area contributed by atoms with Crippen LogP contribution in [0, 0.1) is 0 Å². The number of benzene rings is 1. The number of rotatable bonds is 5. The van der Waals surface area contributed by atoms with E-state index in [1.165, 1.54) is 5.56 Å². The molecule has 0 unspecified atom stereocenters. The highest BCUT2D eigenvalue weighted by Gasteiger charge is 2.33. The number of hydrogen-bond donors (Lipinski definition) is 2. The fourth-order valence-corrected chi connectivity index (χ4v) is 2.73. The molecule has 2 rings (SSSR count). The van der Waals surface area contributed by atoms with Gasteiger partial charge in [0.1, 0.15) is 0 Å². The van der Waals surface area contributed by atoms with E-state index in [9.17, 15) is 4.79 Å². The fraction of sp³-hybridized carbons (Fsp3) is 0.500. The minimum atomic E-state index is -0.811. The molecule has 0 aromatic heterocycles. The number of nitrogens with one attached hydrogen (secondary N) is 1. The van der Waals surface area contributed by atoms with Crippen LogP contribution in [0.15, 0.2) is 24.3 Å². The lowest BCUT2D eigenvalue weighted by Gasteiger charge is -2.25. The summed E-state index contributed by atoms with van der Waals surface area (Å²) in [6.07, 6.45) is 0.959. The Kier molecular flexibility index (Phi) is 4.45. The molecule has 0 aliphatic carbocycles. The normalized spacial score (nSPS) is 23.7. The molecule has 0 spiro atoms. The molecule has 19 heavy (non-hydrogen) atoms. The summed E-state index contributed by atoms with van der Waals surface area (Å²) in [4.78, 5) is 12.9. The van der Waals surface area contributed by atoms with Crippen molar-refractivity contribution in [3.05, 3.63) is 34.9 Å². The summed E-state index contributed by atoms with van der Waals surface area (Å²) in [7, 11) is 0. The third-order valence-electron chi connectivity index (χ3n) is 3.51. The van der Waals surface area contributed by atoms with Crippen molar-refractivity contribution in [3.63, 3.8) is 0 Å². The summed E-state index contributed by atoms with van der Waals surface area (Å²) in [5.74, 6) is -0.811. The molecule has 1 aromatic carbocycles. The fourth-order valence-electron chi connectivity index (χ4n) is 2.52. The number of halogens is 1. The van der Waals surface area contributed by atoms with Gasteiger partial charge in [0.25, 0.3) is 0 Å². The largest absolute Gasteiger partial charge is 0.480 e. The van der Waals surface area contributed by atoms with Gasteiger partial charge < -0.3 is 10.4 Å². The molecule has 104 valence electrons. The Morgan fingerprint density at radius 2 is 2.37 bits per heavy atom. The molecule has 1 atom stereocenters. The molecule has 2 N–H and O–H groups in total. The maximum atomic E-state index is 10.6. The van der Waals surface area contributed by atoms with Crippen LogP contribution in [0.25, 0.3) is 0 Å². The first kappa shape index (κ1) is 14.3. The number of carboxylic acids is 1. The predicted octanol–water partition coefficient (Wildman–Crippen LogP) is 1.98. The van der Waals surface area contributed by atoms with E-state index in [0.717, 1.165) is 31.1 Å². The molecule has 1 fully saturated rings. The average Bonchev–Trinajstić information content (AvgIpc) is 2.69. The van der Waals surface area contributed by atoms with Gasteiger partial charge in [-0.15, -0.1) is 0 Å². The summed E-state index contributed by atoms with van der Waals surface area (Å²) in [6.45, 7) is 4.77. The van der Waals surface area contributed by atoms with Crippen LogP contribution in [0.5, 0.6) is 0 Å². The van der Waals surface area contributed by atoms with E-state index < -0.39 is 5.97 Å². The number of likely N-dealkylation sites (tertiary alicyclic amines) is 1. The highest BCUT2D eigenvalue weighted by Crippen LogP contribution is 2.23. The van der Waals surface area contributed by atoms with Gasteiger partial charge in [-0.05, 0) is 31.0 Å². The molecular formula is C14H19ClN2O2. The monoisotopic (exact) mass is 282 g/mol. The summed E-state index contributed by atoms with van der Waals surface area (Å²) in [5, 5.41) is 12.6. The maximum absolute atomic E-state index is 10.6. The number of hydrogen-bond acceptors (Lipinski definition) is 3. The van der Waals surface area contributed by atoms with E-state index in [0.29, 0.717) is 0 Å². The molecule has 1 heterocycles. The molecular weight excluding hydrogens is 264 g/mol. The highest BCUT2D eigenvalue weighted by atomic mass is 35.5. The third kappa shape index (κ3) is 4.20. The van der Waals surface area contributed by atoms with Crippen LogP contribution in [-0.2, 0) is 11.3 Å². The second-order valence-corrected chi connectivity index (χ2v) is 5.83. The molecule has 5 heteroatoms. The predicted molar refractivity (Wildman–Crippen MR) is 75.4 cm³/mol. The van der Waals surface area contributed by atoms with Crippen LogP contribution in [0.1, 0.15) is 18.9 Å². The Bertz CT molecular complexity index is 467. The lowest BCUT2D eigenvalue weighted by molar-refractivity contribution is -0.136. The summed E-state index contributed by atoms with van der Waals surface area (Å²) >= 11 is 5.97. The van der Waals surface area contributed by atoms with Crippen molar-refractivity contribution in [2.24, 2.45) is 0 Å². The lowest BCUT2D eigenvalue weighted by Crippen LogP contribution is -2.46. The van der Waals surface area contributed by atoms with Gasteiger partial charge in [-0.25, -0.2) is 0 Å². The van der Waals surface area contributed by atoms with Crippen LogP contribution >= 0.6 is 11.6 Å². The molecule has 4 nitrogen and oxygen atoms in total. The van der Waals surface area contributed by atoms with Crippen LogP contribution in [-0.4, -0.2) is 41.1 Å². The molecule has 0 amide bonds. The number of aliphatic carboxylic acids is 1. The lowest BCUT2D eigenvalue weighted by atomic mass is 10.0. The molecule has 0 radical (unpaired) electrons. The maximum Gasteiger partial charge on any atom is 0.317 e. The van der Waals surface area contributed by atoms with Crippen molar-refractivity contribution in [2.75, 3.05) is 19.6 Å². The van der Waals surface area contributed by atoms with E-state index >= 15 is 0 Å². The Morgan fingerprint density at radius 1 is 1.58 bits per heavy atom. The second kappa shape index (κ2) is 5.90. The molecule has 1 aromatic rings. The smallest absolute Gasteiger partial charge is 0.317 e. The zero-order valence-electron chi connectivity index (χ0n) is 11.0. The van der Waals surface area contributed by atoms with Gasteiger partial charge in [-0.3, -0.25) is 9.69 Å². The van der Waals surface area contributed by atoms with Crippen molar-refractivity contribution in [1.82, 2.24) is 10.2 Å². The van der Waals surface area contributed by atoms with Gasteiger partial charge in [0, 0.05) is 30.2 Å². The first-order valence-electron chi connectivity index (χ1n) is 6.40. The van der Waals surface area contributed by atoms with Crippen molar-refractivity contribution in [3.8, 4) is 0 Å². The van der Waals surface area contributed by atoms with E-state index in [2.05, 4.69) is 23.2 Å². The highest BCUT2D eigenvalue weighted by molar-refractivity contribution is 6.30. The van der Waals surface area contributed by atoms with E-state index in [1.807, 2.05) is 18.2 Å². The molecule has 1 saturated heterocycles. The molecule has 1 aliphatic heterocycles. The first-order valence-corrected chi connectivity index (χ1v) is 6.78. The summed E-state index contributed by atoms with van der Waals surface area (Å²) in [6, 6.07) is 7.86. The van der Waals surface area contributed by atoms with Gasteiger partial charge in [-0.1, -0.05) is 23.7 Å². The Labute approximate surface area is 118 Å². The van der Waals surface area contributed by atoms with Crippen LogP contribution in [0.2, 0.25) is 5.02 Å². The third-order valence-corrected chi connectivity index (χ3v) is 3.75. The van der Waals surface area contributed by atoms with Crippen LogP contribution < -0.4 is 5.32 Å². The zero-order valence-corrected chi connectivity index (χ0v) is 11.8. The first-order chi connectivity index (χ1) is 8.97. The van der Waals surface area contributed by atoms with Gasteiger partial charge in [0.15, 0.2) is 0 Å². The van der Waals surface area contributed by atoms with Crippen LogP contribution in [0.3, 0.4) is 0 Å². The topological polar surface area (TPSA) is 52.6 Å². The van der Waals surface area contributed by atoms with E-state index in [4.69, 9.17) is 16.7 Å². The standard InChI is InChI=1S/C14H19ClN2O2/c1-14(16-8-13(18)19)5-6-17(10-14)9-11-3-2-4-12(15)7-11/h2-4,7,16H,5-6,8-10H2,1H3,(H,18,19)/t14-/m0/s1. The van der Waals surface area contributed by atoms with E-state index in [1.54, 1.807) is 0 Å². The summed E-state index contributed by atoms with van der Waals surface area (Å²) < 4.78 is 0. The van der Waals surface area contributed by atoms with E-state index in [-0.39, 0.29) is 12.1 Å². The van der Waals surface area contributed by atoms with Gasteiger partial charge in [0.05, 0.1) is 6.54 Å². The summed E-state index contributed by atoms with van der Waals surface area (Å²) in [5.41, 5.74) is 1.08. The Morgan fingerprint density at radius 3 is 3.05 bits per heavy atom. The number of carboxylic acid groups (broad SMARTS) is 1. The van der Waals surface area contributed by atoms with Gasteiger partial charge >= 0.3 is 5.97 Å². The molecule has 1 aliphatic rings. The zero-order chi connectivity index (χ0) is 13.9. The second-order valence-electron chi connectivity index (χ2n) is 5.40. The minimum Gasteiger partial charge on any atom is -0.480 e. The molecule has 0 saturated carbocycles. The van der Waals surface area contributed by atoms with Crippen molar-refractivity contribution < 1.29 is 9.90 Å². The van der Waals surface area contributed by atoms with Crippen molar-refractivity contribution >= 4 is 17.6 Å². The molecule has 0 bridgehead atoms. The Balaban J connectivity index is 1.89. The quantitative estimate of drug-likeness (QED) is 0.867. The Hall–Kier alpha value is -1.10. The van der Waals surface area contributed by atoms with Crippen LogP contribution in [0.4, 0.5) is 0 Å². The van der Waals surface area contributed by atoms with Gasteiger partial charge in [-0.2, -0.15) is 0 Å². The van der Waals surface area contributed by atoms with Crippen molar-refractivity contribution in [1.29, 1.82) is 0 Å². The van der Waals surface area contributed by atoms with Crippen molar-refractivity contribution in [2.45, 2.75) is 25.4 Å². The van der Waals surface area contributed by atoms with Gasteiger partial charge in [0.2, 0.25) is 0 Å². The number of carbonyl (C=O) groups is 1. The average molecular weight is 283 g/mol. The minimum absolute atomic E-state index is 0.0154.